The van der Waals surface area contributed by atoms with Gasteiger partial charge in [-0.25, -0.2) is 0 Å². The predicted octanol–water partition coefficient (Wildman–Crippen LogP) is -0.0128. The van der Waals surface area contributed by atoms with E-state index < -0.39 is 0 Å². The summed E-state index contributed by atoms with van der Waals surface area (Å²) < 4.78 is 4.98. The lowest BCUT2D eigenvalue weighted by atomic mass is 9.83. The zero-order chi connectivity index (χ0) is 7.61. The molecule has 0 aromatic carbocycles. The minimum atomic E-state index is -0.101. The van der Waals surface area contributed by atoms with Gasteiger partial charge >= 0.3 is 0 Å². The molecule has 1 aliphatic heterocycles. The van der Waals surface area contributed by atoms with Crippen molar-refractivity contribution in [3.05, 3.63) is 0 Å². The molecule has 0 unspecified atom stereocenters. The molecular weight excluding hydrogens is 130 g/mol. The summed E-state index contributed by atoms with van der Waals surface area (Å²) >= 11 is 0. The van der Waals surface area contributed by atoms with Crippen molar-refractivity contribution in [2.45, 2.75) is 6.92 Å². The van der Waals surface area contributed by atoms with Gasteiger partial charge in [-0.3, -0.25) is 0 Å². The third kappa shape index (κ3) is 0.903. The maximum absolute atomic E-state index is 6.96. The Balaban J connectivity index is 2.69. The predicted molar refractivity (Wildman–Crippen MR) is 39.3 cm³/mol. The SMILES string of the molecule is CC1(C(C=N)=NN)COC1. The second-order valence-electron chi connectivity index (χ2n) is 2.71. The Kier molecular flexibility index (Phi) is 1.72. The molecule has 1 heterocycles. The molecule has 0 saturated carbocycles. The Morgan fingerprint density at radius 3 is 2.50 bits per heavy atom. The van der Waals surface area contributed by atoms with Crippen LogP contribution in [0.15, 0.2) is 5.10 Å². The molecule has 0 aromatic rings. The normalized spacial score (nSPS) is 23.5. The molecule has 0 aliphatic carbocycles. The maximum atomic E-state index is 6.96. The van der Waals surface area contributed by atoms with Gasteiger partial charge < -0.3 is 16.0 Å². The molecule has 56 valence electrons. The molecule has 4 nitrogen and oxygen atoms in total. The molecule has 0 aromatic heterocycles. The molecular formula is C6H11N3O. The minimum absolute atomic E-state index is 0.101. The number of nitrogens with two attached hydrogens (primary N) is 1. The van der Waals surface area contributed by atoms with Crippen molar-refractivity contribution in [3.8, 4) is 0 Å². The lowest BCUT2D eigenvalue weighted by Crippen LogP contribution is -2.47. The summed E-state index contributed by atoms with van der Waals surface area (Å²) in [6, 6.07) is 0. The van der Waals surface area contributed by atoms with Crippen LogP contribution in [0.2, 0.25) is 0 Å². The highest BCUT2D eigenvalue weighted by molar-refractivity contribution is 6.32. The van der Waals surface area contributed by atoms with E-state index in [1.165, 1.54) is 6.21 Å². The highest BCUT2D eigenvalue weighted by atomic mass is 16.5. The van der Waals surface area contributed by atoms with Crippen LogP contribution in [0.25, 0.3) is 0 Å². The fourth-order valence-electron chi connectivity index (χ4n) is 0.923. The summed E-state index contributed by atoms with van der Waals surface area (Å²) in [6.07, 6.45) is 1.18. The van der Waals surface area contributed by atoms with Crippen LogP contribution in [-0.2, 0) is 4.74 Å². The van der Waals surface area contributed by atoms with Gasteiger partial charge in [-0.05, 0) is 6.92 Å². The number of hydrogen-bond acceptors (Lipinski definition) is 4. The van der Waals surface area contributed by atoms with Crippen LogP contribution in [0.4, 0.5) is 0 Å². The molecule has 0 spiro atoms. The summed E-state index contributed by atoms with van der Waals surface area (Å²) in [5.74, 6) is 5.06. The molecule has 4 heteroatoms. The van der Waals surface area contributed by atoms with E-state index in [0.29, 0.717) is 18.9 Å². The molecule has 0 radical (unpaired) electrons. The molecule has 10 heavy (non-hydrogen) atoms. The maximum Gasteiger partial charge on any atom is 0.0880 e. The van der Waals surface area contributed by atoms with E-state index >= 15 is 0 Å². The third-order valence-corrected chi connectivity index (χ3v) is 1.74. The largest absolute Gasteiger partial charge is 0.379 e. The van der Waals surface area contributed by atoms with E-state index in [9.17, 15) is 0 Å². The standard InChI is InChI=1S/C6H11N3O/c1-6(3-10-4-6)5(2-7)9-8/h2,7H,3-4,8H2,1H3. The summed E-state index contributed by atoms with van der Waals surface area (Å²) in [6.45, 7) is 3.23. The fourth-order valence-corrected chi connectivity index (χ4v) is 0.923. The first-order chi connectivity index (χ1) is 4.73. The number of nitrogens with zero attached hydrogens (tertiary/aromatic N) is 1. The number of nitrogens with one attached hydrogen (secondary N) is 1. The summed E-state index contributed by atoms with van der Waals surface area (Å²) in [5, 5.41) is 10.5. The average molecular weight is 141 g/mol. The quantitative estimate of drug-likeness (QED) is 0.322. The zero-order valence-corrected chi connectivity index (χ0v) is 5.92. The first-order valence-electron chi connectivity index (χ1n) is 3.09. The monoisotopic (exact) mass is 141 g/mol. The van der Waals surface area contributed by atoms with E-state index in [2.05, 4.69) is 5.10 Å². The van der Waals surface area contributed by atoms with Crippen LogP contribution < -0.4 is 5.84 Å². The van der Waals surface area contributed by atoms with Crippen LogP contribution in [0.3, 0.4) is 0 Å². The molecule has 3 N–H and O–H groups in total. The second kappa shape index (κ2) is 2.38. The first-order valence-corrected chi connectivity index (χ1v) is 3.09. The van der Waals surface area contributed by atoms with Gasteiger partial charge in [0, 0.05) is 6.21 Å². The van der Waals surface area contributed by atoms with Crippen LogP contribution in [-0.4, -0.2) is 25.1 Å². The molecule has 1 fully saturated rings. The summed E-state index contributed by atoms with van der Waals surface area (Å²) in [7, 11) is 0. The van der Waals surface area contributed by atoms with Crippen LogP contribution in [0.1, 0.15) is 6.92 Å². The van der Waals surface area contributed by atoms with Crippen molar-refractivity contribution in [1.82, 2.24) is 0 Å². The highest BCUT2D eigenvalue weighted by Gasteiger charge is 2.37. The van der Waals surface area contributed by atoms with Gasteiger partial charge in [0.25, 0.3) is 0 Å². The number of hydrogen-bond donors (Lipinski definition) is 2. The Labute approximate surface area is 59.6 Å². The second-order valence-corrected chi connectivity index (χ2v) is 2.71. The number of hydrazone groups is 1. The van der Waals surface area contributed by atoms with Crippen LogP contribution in [0, 0.1) is 10.8 Å². The van der Waals surface area contributed by atoms with Gasteiger partial charge in [0.2, 0.25) is 0 Å². The molecule has 0 amide bonds. The highest BCUT2D eigenvalue weighted by Crippen LogP contribution is 2.27. The minimum Gasteiger partial charge on any atom is -0.379 e. The van der Waals surface area contributed by atoms with E-state index in [4.69, 9.17) is 16.0 Å². The molecule has 1 saturated heterocycles. The van der Waals surface area contributed by atoms with Crippen LogP contribution in [0.5, 0.6) is 0 Å². The van der Waals surface area contributed by atoms with E-state index in [1.54, 1.807) is 0 Å². The Bertz CT molecular complexity index is 172. The molecule has 0 atom stereocenters. The fraction of sp³-hybridized carbons (Fsp3) is 0.667. The van der Waals surface area contributed by atoms with Gasteiger partial charge in [0.1, 0.15) is 0 Å². The van der Waals surface area contributed by atoms with Crippen molar-refractivity contribution >= 4 is 11.9 Å². The zero-order valence-electron chi connectivity index (χ0n) is 5.92. The van der Waals surface area contributed by atoms with Crippen LogP contribution >= 0.6 is 0 Å². The lowest BCUT2D eigenvalue weighted by Gasteiger charge is -2.37. The topological polar surface area (TPSA) is 71.5 Å². The summed E-state index contributed by atoms with van der Waals surface area (Å²) in [4.78, 5) is 0. The van der Waals surface area contributed by atoms with Crippen molar-refractivity contribution in [1.29, 1.82) is 5.41 Å². The van der Waals surface area contributed by atoms with Gasteiger partial charge in [-0.15, -0.1) is 0 Å². The van der Waals surface area contributed by atoms with Crippen molar-refractivity contribution in [2.75, 3.05) is 13.2 Å². The van der Waals surface area contributed by atoms with Crippen molar-refractivity contribution < 1.29 is 4.74 Å². The third-order valence-electron chi connectivity index (χ3n) is 1.74. The number of ether oxygens (including phenoxy) is 1. The molecule has 1 aliphatic rings. The number of rotatable bonds is 2. The van der Waals surface area contributed by atoms with E-state index in [0.717, 1.165) is 0 Å². The molecule has 1 rings (SSSR count). The average Bonchev–Trinajstić information content (AvgIpc) is 1.87. The van der Waals surface area contributed by atoms with E-state index in [1.807, 2.05) is 6.92 Å². The first kappa shape index (κ1) is 7.21. The van der Waals surface area contributed by atoms with Gasteiger partial charge in [-0.2, -0.15) is 5.10 Å². The smallest absolute Gasteiger partial charge is 0.0880 e. The Morgan fingerprint density at radius 2 is 2.40 bits per heavy atom. The van der Waals surface area contributed by atoms with Gasteiger partial charge in [0.15, 0.2) is 0 Å². The van der Waals surface area contributed by atoms with Crippen molar-refractivity contribution in [3.63, 3.8) is 0 Å². The molecule has 0 bridgehead atoms. The van der Waals surface area contributed by atoms with Gasteiger partial charge in [-0.1, -0.05) is 0 Å². The van der Waals surface area contributed by atoms with E-state index in [-0.39, 0.29) is 5.41 Å². The Morgan fingerprint density at radius 1 is 1.80 bits per heavy atom. The Hall–Kier alpha value is -0.900. The van der Waals surface area contributed by atoms with Crippen molar-refractivity contribution in [2.24, 2.45) is 16.4 Å². The summed E-state index contributed by atoms with van der Waals surface area (Å²) in [5.41, 5.74) is 0.509. The van der Waals surface area contributed by atoms with Gasteiger partial charge in [0.05, 0.1) is 24.3 Å². The lowest BCUT2D eigenvalue weighted by molar-refractivity contribution is -0.0572.